The van der Waals surface area contributed by atoms with E-state index >= 15 is 0 Å². The van der Waals surface area contributed by atoms with Crippen LogP contribution in [-0.4, -0.2) is 47.3 Å². The van der Waals surface area contributed by atoms with Crippen LogP contribution >= 0.6 is 0 Å². The third-order valence-electron chi connectivity index (χ3n) is 5.49. The number of methoxy groups -OCH3 is 1. The Morgan fingerprint density at radius 3 is 2.52 bits per heavy atom. The topological polar surface area (TPSA) is 89.6 Å². The Morgan fingerprint density at radius 2 is 1.84 bits per heavy atom. The second-order valence-corrected chi connectivity index (χ2v) is 7.53. The predicted octanol–water partition coefficient (Wildman–Crippen LogP) is 2.47. The van der Waals surface area contributed by atoms with Crippen molar-refractivity contribution in [3.05, 3.63) is 70.7 Å². The van der Waals surface area contributed by atoms with Crippen molar-refractivity contribution >= 4 is 5.91 Å². The van der Waals surface area contributed by atoms with Crippen molar-refractivity contribution in [2.45, 2.75) is 25.4 Å². The van der Waals surface area contributed by atoms with Crippen LogP contribution in [0, 0.1) is 0 Å². The molecule has 1 aromatic heterocycles. The summed E-state index contributed by atoms with van der Waals surface area (Å²) in [4.78, 5) is 27.1. The quantitative estimate of drug-likeness (QED) is 0.600. The van der Waals surface area contributed by atoms with Crippen molar-refractivity contribution in [1.82, 2.24) is 20.0 Å². The number of rotatable bonds is 8. The molecule has 1 aliphatic rings. The lowest BCUT2D eigenvalue weighted by molar-refractivity contribution is -0.122. The molecule has 1 N–H and O–H groups in total. The van der Waals surface area contributed by atoms with Gasteiger partial charge in [-0.3, -0.25) is 9.69 Å². The minimum absolute atomic E-state index is 0.0614. The van der Waals surface area contributed by atoms with E-state index in [1.807, 2.05) is 42.5 Å². The Balaban J connectivity index is 1.42. The van der Waals surface area contributed by atoms with Crippen LogP contribution in [0.3, 0.4) is 0 Å². The van der Waals surface area contributed by atoms with E-state index in [9.17, 15) is 9.59 Å². The fourth-order valence-corrected chi connectivity index (χ4v) is 3.84. The molecule has 0 aliphatic carbocycles. The average Bonchev–Trinajstić information content (AvgIpc) is 3.45. The van der Waals surface area contributed by atoms with Gasteiger partial charge >= 0.3 is 5.76 Å². The largest absolute Gasteiger partial charge is 0.497 e. The molecule has 162 valence electrons. The van der Waals surface area contributed by atoms with Crippen molar-refractivity contribution in [2.24, 2.45) is 0 Å². The van der Waals surface area contributed by atoms with Gasteiger partial charge in [0.1, 0.15) is 12.3 Å². The highest BCUT2D eigenvalue weighted by atomic mass is 16.5. The highest BCUT2D eigenvalue weighted by Crippen LogP contribution is 2.26. The molecule has 8 nitrogen and oxygen atoms in total. The zero-order valence-electron chi connectivity index (χ0n) is 17.5. The molecule has 1 aliphatic heterocycles. The van der Waals surface area contributed by atoms with Gasteiger partial charge in [-0.05, 0) is 55.8 Å². The highest BCUT2D eigenvalue weighted by molar-refractivity contribution is 5.75. The molecule has 31 heavy (non-hydrogen) atoms. The molecular weight excluding hydrogens is 396 g/mol. The Morgan fingerprint density at radius 1 is 1.13 bits per heavy atom. The van der Waals surface area contributed by atoms with E-state index in [-0.39, 0.29) is 24.4 Å². The van der Waals surface area contributed by atoms with Gasteiger partial charge in [0, 0.05) is 12.1 Å². The third kappa shape index (κ3) is 5.03. The Labute approximate surface area is 180 Å². The lowest BCUT2D eigenvalue weighted by atomic mass is 10.1. The maximum Gasteiger partial charge on any atom is 0.437 e. The fraction of sp³-hybridized carbons (Fsp3) is 0.348. The van der Waals surface area contributed by atoms with Gasteiger partial charge in [0.25, 0.3) is 0 Å². The van der Waals surface area contributed by atoms with Crippen molar-refractivity contribution in [3.63, 3.8) is 0 Å². The third-order valence-corrected chi connectivity index (χ3v) is 5.49. The number of carbonyl (C=O) groups is 1. The molecular formula is C23H26N4O4. The van der Waals surface area contributed by atoms with E-state index in [4.69, 9.17) is 9.15 Å². The first-order valence-electron chi connectivity index (χ1n) is 10.4. The second-order valence-electron chi connectivity index (χ2n) is 7.53. The standard InChI is InChI=1S/C23H26N4O4/c1-30-19-11-9-17(10-12-19)20(26-13-5-6-14-26)15-24-21(28)16-27-23(29)31-22(25-27)18-7-3-2-4-8-18/h2-4,7-12,20H,5-6,13-16H2,1H3,(H,24,28). The summed E-state index contributed by atoms with van der Waals surface area (Å²) in [7, 11) is 1.64. The van der Waals surface area contributed by atoms with Crippen LogP contribution in [0.25, 0.3) is 11.5 Å². The van der Waals surface area contributed by atoms with E-state index in [1.54, 1.807) is 19.2 Å². The SMILES string of the molecule is COc1ccc(C(CNC(=O)Cn2nc(-c3ccccc3)oc2=O)N2CCCC2)cc1. The summed E-state index contributed by atoms with van der Waals surface area (Å²) < 4.78 is 11.5. The number of aromatic nitrogens is 2. The number of hydrogen-bond acceptors (Lipinski definition) is 6. The van der Waals surface area contributed by atoms with Crippen LogP contribution in [0.4, 0.5) is 0 Å². The molecule has 2 aromatic carbocycles. The van der Waals surface area contributed by atoms with E-state index in [2.05, 4.69) is 15.3 Å². The molecule has 0 bridgehead atoms. The lowest BCUT2D eigenvalue weighted by Gasteiger charge is -2.28. The number of hydrogen-bond donors (Lipinski definition) is 1. The minimum Gasteiger partial charge on any atom is -0.497 e. The Bertz CT molecular complexity index is 1050. The van der Waals surface area contributed by atoms with E-state index in [1.165, 1.54) is 0 Å². The molecule has 0 radical (unpaired) electrons. The number of ether oxygens (including phenoxy) is 1. The first-order chi connectivity index (χ1) is 15.1. The molecule has 1 unspecified atom stereocenters. The van der Waals surface area contributed by atoms with E-state index in [0.717, 1.165) is 41.9 Å². The van der Waals surface area contributed by atoms with Crippen LogP contribution in [0.2, 0.25) is 0 Å². The molecule has 1 fully saturated rings. The fourth-order valence-electron chi connectivity index (χ4n) is 3.84. The van der Waals surface area contributed by atoms with Gasteiger partial charge in [-0.25, -0.2) is 4.79 Å². The first-order valence-corrected chi connectivity index (χ1v) is 10.4. The summed E-state index contributed by atoms with van der Waals surface area (Å²) in [6.45, 7) is 2.25. The monoisotopic (exact) mass is 422 g/mol. The number of nitrogens with one attached hydrogen (secondary N) is 1. The molecule has 4 rings (SSSR count). The van der Waals surface area contributed by atoms with E-state index in [0.29, 0.717) is 12.1 Å². The molecule has 0 saturated carbocycles. The molecule has 1 amide bonds. The minimum atomic E-state index is -0.653. The van der Waals surface area contributed by atoms with Crippen LogP contribution in [-0.2, 0) is 11.3 Å². The maximum atomic E-state index is 12.6. The van der Waals surface area contributed by atoms with Gasteiger partial charge < -0.3 is 14.5 Å². The summed E-state index contributed by atoms with van der Waals surface area (Å²) >= 11 is 0. The van der Waals surface area contributed by atoms with Crippen molar-refractivity contribution in [3.8, 4) is 17.2 Å². The molecule has 1 saturated heterocycles. The number of likely N-dealkylation sites (tertiary alicyclic amines) is 1. The highest BCUT2D eigenvalue weighted by Gasteiger charge is 2.24. The van der Waals surface area contributed by atoms with Gasteiger partial charge in [0.15, 0.2) is 0 Å². The lowest BCUT2D eigenvalue weighted by Crippen LogP contribution is -2.39. The number of carbonyl (C=O) groups excluding carboxylic acids is 1. The number of benzene rings is 2. The van der Waals surface area contributed by atoms with Gasteiger partial charge in [-0.15, -0.1) is 5.10 Å². The van der Waals surface area contributed by atoms with Crippen molar-refractivity contribution < 1.29 is 13.9 Å². The van der Waals surface area contributed by atoms with Crippen LogP contribution in [0.5, 0.6) is 5.75 Å². The normalized spacial score (nSPS) is 15.0. The molecule has 1 atom stereocenters. The zero-order chi connectivity index (χ0) is 21.6. The molecule has 2 heterocycles. The predicted molar refractivity (Wildman–Crippen MR) is 116 cm³/mol. The molecule has 0 spiro atoms. The second kappa shape index (κ2) is 9.61. The summed E-state index contributed by atoms with van der Waals surface area (Å²) in [5.74, 6) is 0.0622. The van der Waals surface area contributed by atoms with Crippen molar-refractivity contribution in [2.75, 3.05) is 26.7 Å². The maximum absolute atomic E-state index is 12.6. The number of nitrogens with zero attached hydrogens (tertiary/aromatic N) is 3. The van der Waals surface area contributed by atoms with E-state index < -0.39 is 5.76 Å². The van der Waals surface area contributed by atoms with Gasteiger partial charge in [0.2, 0.25) is 11.8 Å². The van der Waals surface area contributed by atoms with Gasteiger partial charge in [0.05, 0.1) is 13.2 Å². The summed E-state index contributed by atoms with van der Waals surface area (Å²) in [5.41, 5.74) is 1.81. The molecule has 3 aromatic rings. The summed E-state index contributed by atoms with van der Waals surface area (Å²) in [6, 6.07) is 17.1. The Hall–Kier alpha value is -3.39. The molecule has 8 heteroatoms. The summed E-state index contributed by atoms with van der Waals surface area (Å²) in [5, 5.41) is 7.11. The Kier molecular flexibility index (Phi) is 6.47. The summed E-state index contributed by atoms with van der Waals surface area (Å²) in [6.07, 6.45) is 2.30. The van der Waals surface area contributed by atoms with Crippen LogP contribution < -0.4 is 15.8 Å². The van der Waals surface area contributed by atoms with Gasteiger partial charge in [-0.2, -0.15) is 4.68 Å². The van der Waals surface area contributed by atoms with Crippen molar-refractivity contribution in [1.29, 1.82) is 0 Å². The average molecular weight is 422 g/mol. The zero-order valence-corrected chi connectivity index (χ0v) is 17.5. The first kappa shape index (κ1) is 20.9. The van der Waals surface area contributed by atoms with Crippen LogP contribution in [0.15, 0.2) is 63.8 Å². The number of amides is 1. The smallest absolute Gasteiger partial charge is 0.437 e. The van der Waals surface area contributed by atoms with Gasteiger partial charge in [-0.1, -0.05) is 30.3 Å². The van der Waals surface area contributed by atoms with Crippen LogP contribution in [0.1, 0.15) is 24.4 Å².